The Kier molecular flexibility index (Phi) is 1.04. The fourth-order valence-electron chi connectivity index (χ4n) is 0.450. The van der Waals surface area contributed by atoms with E-state index in [9.17, 15) is 0 Å². The van der Waals surface area contributed by atoms with Crippen LogP contribution in [0.4, 0.5) is 5.69 Å². The predicted molar refractivity (Wildman–Crippen MR) is 31.2 cm³/mol. The number of rotatable bonds is 0. The minimum Gasteiger partial charge on any atom is -0.398 e. The van der Waals surface area contributed by atoms with Gasteiger partial charge in [-0.15, -0.1) is 0 Å². The highest BCUT2D eigenvalue weighted by Gasteiger charge is 1.87. The molecule has 0 fully saturated rings. The van der Waals surface area contributed by atoms with E-state index >= 15 is 0 Å². The zero-order valence-corrected chi connectivity index (χ0v) is 4.41. The number of hydrogen-bond acceptors (Lipinski definition) is 2. The molecule has 0 radical (unpaired) electrons. The second kappa shape index (κ2) is 1.69. The molecule has 1 rings (SSSR count). The summed E-state index contributed by atoms with van der Waals surface area (Å²) < 4.78 is 1.44. The van der Waals surface area contributed by atoms with Crippen LogP contribution >= 0.6 is 0 Å². The van der Waals surface area contributed by atoms with E-state index < -0.39 is 0 Å². The third kappa shape index (κ3) is 0.872. The van der Waals surface area contributed by atoms with E-state index in [2.05, 4.69) is 0 Å². The lowest BCUT2D eigenvalue weighted by molar-refractivity contribution is -0.638. The first kappa shape index (κ1) is 4.90. The molecular weight excluding hydrogens is 102 g/mol. The van der Waals surface area contributed by atoms with E-state index in [1.165, 1.54) is 4.68 Å². The summed E-state index contributed by atoms with van der Waals surface area (Å²) >= 11 is 0. The molecule has 0 saturated carbocycles. The summed E-state index contributed by atoms with van der Waals surface area (Å²) in [5.74, 6) is 5.29. The van der Waals surface area contributed by atoms with E-state index in [0.29, 0.717) is 0 Å². The zero-order chi connectivity index (χ0) is 5.98. The van der Waals surface area contributed by atoms with Gasteiger partial charge in [-0.2, -0.15) is 0 Å². The molecule has 0 aromatic carbocycles. The van der Waals surface area contributed by atoms with Crippen molar-refractivity contribution in [1.82, 2.24) is 0 Å². The van der Waals surface area contributed by atoms with Crippen LogP contribution in [0.25, 0.3) is 0 Å². The molecule has 4 N–H and O–H groups in total. The number of nitrogen functional groups attached to an aromatic ring is 2. The SMILES string of the molecule is Nc1cc[n+](N)cc1. The Morgan fingerprint density at radius 3 is 2.12 bits per heavy atom. The van der Waals surface area contributed by atoms with E-state index in [1.807, 2.05) is 0 Å². The third-order valence-electron chi connectivity index (χ3n) is 0.878. The second-order valence-electron chi connectivity index (χ2n) is 1.58. The molecule has 8 heavy (non-hydrogen) atoms. The lowest BCUT2D eigenvalue weighted by Crippen LogP contribution is -2.43. The molecule has 1 aromatic heterocycles. The Bertz CT molecular complexity index is 147. The molecule has 3 heteroatoms. The fourth-order valence-corrected chi connectivity index (χ4v) is 0.450. The van der Waals surface area contributed by atoms with Gasteiger partial charge in [-0.1, -0.05) is 4.68 Å². The monoisotopic (exact) mass is 110 g/mol. The summed E-state index contributed by atoms with van der Waals surface area (Å²) in [6.45, 7) is 0. The van der Waals surface area contributed by atoms with Gasteiger partial charge in [-0.25, -0.2) is 5.84 Å². The molecule has 0 spiro atoms. The standard InChI is InChI=1S/C5H7N3/c6-5-1-3-8(7)4-2-5/h1-4,6H,7H2/p+1. The number of nitrogens with two attached hydrogens (primary N) is 2. The van der Waals surface area contributed by atoms with Crippen molar-refractivity contribution in [1.29, 1.82) is 0 Å². The number of anilines is 1. The van der Waals surface area contributed by atoms with Crippen molar-refractivity contribution < 1.29 is 4.68 Å². The summed E-state index contributed by atoms with van der Waals surface area (Å²) in [7, 11) is 0. The van der Waals surface area contributed by atoms with E-state index in [0.717, 1.165) is 5.69 Å². The molecule has 0 aliphatic heterocycles. The average Bonchev–Trinajstić information content (AvgIpc) is 1.77. The Hall–Kier alpha value is -1.25. The molecule has 0 bridgehead atoms. The van der Waals surface area contributed by atoms with Crippen LogP contribution in [0.2, 0.25) is 0 Å². The van der Waals surface area contributed by atoms with Crippen molar-refractivity contribution in [2.75, 3.05) is 11.6 Å². The van der Waals surface area contributed by atoms with Gasteiger partial charge in [-0.05, 0) is 0 Å². The van der Waals surface area contributed by atoms with E-state index in [4.69, 9.17) is 11.6 Å². The molecule has 1 heterocycles. The fraction of sp³-hybridized carbons (Fsp3) is 0. The van der Waals surface area contributed by atoms with Crippen LogP contribution in [0.3, 0.4) is 0 Å². The molecule has 0 atom stereocenters. The van der Waals surface area contributed by atoms with Gasteiger partial charge in [0.1, 0.15) is 0 Å². The lowest BCUT2D eigenvalue weighted by Gasteiger charge is -1.84. The Labute approximate surface area is 47.5 Å². The average molecular weight is 110 g/mol. The first-order chi connectivity index (χ1) is 3.79. The van der Waals surface area contributed by atoms with Gasteiger partial charge >= 0.3 is 0 Å². The summed E-state index contributed by atoms with van der Waals surface area (Å²) in [6, 6.07) is 3.47. The molecular formula is C5H8N3+. The zero-order valence-electron chi connectivity index (χ0n) is 4.41. The van der Waals surface area contributed by atoms with Crippen molar-refractivity contribution in [3.05, 3.63) is 24.5 Å². The molecule has 0 aliphatic rings. The van der Waals surface area contributed by atoms with Gasteiger partial charge in [-0.3, -0.25) is 0 Å². The number of aromatic nitrogens is 1. The molecule has 0 aliphatic carbocycles. The Balaban J connectivity index is 3.03. The highest BCUT2D eigenvalue weighted by molar-refractivity contribution is 5.32. The van der Waals surface area contributed by atoms with Crippen molar-refractivity contribution >= 4 is 5.69 Å². The summed E-state index contributed by atoms with van der Waals surface area (Å²) in [4.78, 5) is 0. The van der Waals surface area contributed by atoms with Gasteiger partial charge in [0.05, 0.1) is 0 Å². The number of pyridine rings is 1. The highest BCUT2D eigenvalue weighted by Crippen LogP contribution is 1.91. The molecule has 0 saturated heterocycles. The van der Waals surface area contributed by atoms with Gasteiger partial charge < -0.3 is 5.73 Å². The summed E-state index contributed by atoms with van der Waals surface area (Å²) in [6.07, 6.45) is 3.38. The van der Waals surface area contributed by atoms with Crippen LogP contribution in [-0.2, 0) is 0 Å². The number of hydrogen-bond donors (Lipinski definition) is 2. The molecule has 0 unspecified atom stereocenters. The molecule has 0 amide bonds. The first-order valence-electron chi connectivity index (χ1n) is 2.31. The third-order valence-corrected chi connectivity index (χ3v) is 0.878. The van der Waals surface area contributed by atoms with Gasteiger partial charge in [0.2, 0.25) is 12.4 Å². The van der Waals surface area contributed by atoms with Crippen molar-refractivity contribution in [3.8, 4) is 0 Å². The lowest BCUT2D eigenvalue weighted by atomic mass is 10.4. The smallest absolute Gasteiger partial charge is 0.201 e. The Morgan fingerprint density at radius 1 is 1.25 bits per heavy atom. The van der Waals surface area contributed by atoms with E-state index in [-0.39, 0.29) is 0 Å². The van der Waals surface area contributed by atoms with Crippen LogP contribution in [0, 0.1) is 0 Å². The van der Waals surface area contributed by atoms with Crippen molar-refractivity contribution in [2.24, 2.45) is 0 Å². The maximum atomic E-state index is 5.36. The minimum atomic E-state index is 0.728. The molecule has 42 valence electrons. The van der Waals surface area contributed by atoms with Crippen LogP contribution in [0.5, 0.6) is 0 Å². The second-order valence-corrected chi connectivity index (χ2v) is 1.58. The maximum absolute atomic E-state index is 5.36. The van der Waals surface area contributed by atoms with Crippen LogP contribution in [-0.4, -0.2) is 0 Å². The van der Waals surface area contributed by atoms with Crippen molar-refractivity contribution in [2.45, 2.75) is 0 Å². The van der Waals surface area contributed by atoms with Gasteiger partial charge in [0.15, 0.2) is 0 Å². The largest absolute Gasteiger partial charge is 0.398 e. The Morgan fingerprint density at radius 2 is 1.75 bits per heavy atom. The van der Waals surface area contributed by atoms with Crippen LogP contribution in [0.1, 0.15) is 0 Å². The first-order valence-corrected chi connectivity index (χ1v) is 2.31. The molecule has 3 nitrogen and oxygen atoms in total. The minimum absolute atomic E-state index is 0.728. The predicted octanol–water partition coefficient (Wildman–Crippen LogP) is -0.730. The molecule has 1 aromatic rings. The highest BCUT2D eigenvalue weighted by atomic mass is 15.3. The van der Waals surface area contributed by atoms with Crippen LogP contribution in [0.15, 0.2) is 24.5 Å². The number of nitrogens with zero attached hydrogens (tertiary/aromatic N) is 1. The van der Waals surface area contributed by atoms with Crippen LogP contribution < -0.4 is 16.3 Å². The normalized spacial score (nSPS) is 9.00. The summed E-state index contributed by atoms with van der Waals surface area (Å²) in [5.41, 5.74) is 6.09. The van der Waals surface area contributed by atoms with Gasteiger partial charge in [0.25, 0.3) is 0 Å². The van der Waals surface area contributed by atoms with Crippen molar-refractivity contribution in [3.63, 3.8) is 0 Å². The topological polar surface area (TPSA) is 55.9 Å². The van der Waals surface area contributed by atoms with Gasteiger partial charge in [0, 0.05) is 17.8 Å². The maximum Gasteiger partial charge on any atom is 0.201 e. The quantitative estimate of drug-likeness (QED) is 0.342. The van der Waals surface area contributed by atoms with E-state index in [1.54, 1.807) is 24.5 Å². The summed E-state index contributed by atoms with van der Waals surface area (Å²) in [5, 5.41) is 0.